The van der Waals surface area contributed by atoms with Crippen LogP contribution < -0.4 is 20.4 Å². The number of carbonyl (C=O) groups excluding carboxylic acids is 1. The van der Waals surface area contributed by atoms with Gasteiger partial charge in [-0.15, -0.1) is 11.3 Å². The summed E-state index contributed by atoms with van der Waals surface area (Å²) in [5.41, 5.74) is 2.54. The number of thiazole rings is 1. The summed E-state index contributed by atoms with van der Waals surface area (Å²) in [5.74, 6) is 1.12. The number of fused-ring (bicyclic) bond motifs is 1. The first kappa shape index (κ1) is 20.9. The summed E-state index contributed by atoms with van der Waals surface area (Å²) in [6.07, 6.45) is 2.28. The lowest BCUT2D eigenvalue weighted by Crippen LogP contribution is -2.32. The molecular formula is C25H24N6O2S. The fourth-order valence-corrected chi connectivity index (χ4v) is 5.66. The van der Waals surface area contributed by atoms with E-state index in [1.54, 1.807) is 25.7 Å². The van der Waals surface area contributed by atoms with Gasteiger partial charge < -0.3 is 4.90 Å². The van der Waals surface area contributed by atoms with Crippen LogP contribution in [0.3, 0.4) is 0 Å². The van der Waals surface area contributed by atoms with E-state index in [0.717, 1.165) is 33.9 Å². The van der Waals surface area contributed by atoms with Gasteiger partial charge in [0.15, 0.2) is 11.5 Å². The average molecular weight is 473 g/mol. The van der Waals surface area contributed by atoms with Gasteiger partial charge in [-0.2, -0.15) is 4.98 Å². The van der Waals surface area contributed by atoms with Crippen LogP contribution in [0.15, 0.2) is 59.4 Å². The van der Waals surface area contributed by atoms with Crippen LogP contribution in [0, 0.1) is 0 Å². The van der Waals surface area contributed by atoms with Gasteiger partial charge in [-0.1, -0.05) is 24.3 Å². The van der Waals surface area contributed by atoms with E-state index in [1.807, 2.05) is 73.6 Å². The van der Waals surface area contributed by atoms with E-state index in [0.29, 0.717) is 36.2 Å². The molecule has 0 bridgehead atoms. The molecule has 6 rings (SSSR count). The van der Waals surface area contributed by atoms with Crippen molar-refractivity contribution in [3.63, 3.8) is 0 Å². The van der Waals surface area contributed by atoms with Gasteiger partial charge >= 0.3 is 11.7 Å². The van der Waals surface area contributed by atoms with Crippen molar-refractivity contribution in [1.82, 2.24) is 14.5 Å². The molecule has 2 aromatic heterocycles. The Morgan fingerprint density at radius 3 is 2.26 bits per heavy atom. The number of benzene rings is 2. The summed E-state index contributed by atoms with van der Waals surface area (Å²) < 4.78 is 2.48. The largest absolute Gasteiger partial charge is 0.361 e. The van der Waals surface area contributed by atoms with Crippen LogP contribution in [-0.4, -0.2) is 47.8 Å². The van der Waals surface area contributed by atoms with E-state index in [2.05, 4.69) is 4.98 Å². The Labute approximate surface area is 200 Å². The highest BCUT2D eigenvalue weighted by atomic mass is 32.1. The van der Waals surface area contributed by atoms with E-state index in [4.69, 9.17) is 4.98 Å². The summed E-state index contributed by atoms with van der Waals surface area (Å²) >= 11 is 1.62. The Kier molecular flexibility index (Phi) is 4.88. The quantitative estimate of drug-likeness (QED) is 0.435. The van der Waals surface area contributed by atoms with Gasteiger partial charge in [-0.3, -0.25) is 9.80 Å². The van der Waals surface area contributed by atoms with Gasteiger partial charge in [0.1, 0.15) is 4.70 Å². The fraction of sp³-hybridized carbons (Fsp3) is 0.280. The van der Waals surface area contributed by atoms with Crippen LogP contribution >= 0.6 is 11.3 Å². The summed E-state index contributed by atoms with van der Waals surface area (Å²) in [5, 5.41) is 1.06. The predicted molar refractivity (Wildman–Crippen MR) is 136 cm³/mol. The van der Waals surface area contributed by atoms with Gasteiger partial charge in [0.25, 0.3) is 0 Å². The molecule has 1 saturated heterocycles. The molecule has 1 saturated carbocycles. The number of urea groups is 1. The minimum absolute atomic E-state index is 0.0772. The maximum Gasteiger partial charge on any atom is 0.355 e. The molecule has 0 N–H and O–H groups in total. The third kappa shape index (κ3) is 3.43. The first-order valence-corrected chi connectivity index (χ1v) is 12.2. The summed E-state index contributed by atoms with van der Waals surface area (Å²) in [6, 6.07) is 17.1. The molecular weight excluding hydrogens is 448 g/mol. The van der Waals surface area contributed by atoms with Crippen molar-refractivity contribution in [3.05, 3.63) is 70.1 Å². The molecule has 172 valence electrons. The van der Waals surface area contributed by atoms with Crippen LogP contribution in [0.5, 0.6) is 0 Å². The van der Waals surface area contributed by atoms with Crippen LogP contribution in [0.25, 0.3) is 16.0 Å². The highest BCUT2D eigenvalue weighted by Gasteiger charge is 2.32. The standard InChI is InChI=1S/C25H24N6O2S/c1-28(2)21-20-22(26-23(34-20)16-11-12-16)31(24(32)27-21)19-10-6-9-18(15-19)30-14-13-29(25(30)33)17-7-4-3-5-8-17/h3-10,15-16H,11-14H2,1-2H3. The van der Waals surface area contributed by atoms with Crippen LogP contribution in [0.4, 0.5) is 22.0 Å². The van der Waals surface area contributed by atoms with Gasteiger partial charge in [-0.05, 0) is 43.2 Å². The highest BCUT2D eigenvalue weighted by Crippen LogP contribution is 2.44. The highest BCUT2D eigenvalue weighted by molar-refractivity contribution is 7.19. The second-order valence-electron chi connectivity index (χ2n) is 8.87. The van der Waals surface area contributed by atoms with Crippen molar-refractivity contribution in [2.75, 3.05) is 41.9 Å². The number of para-hydroxylation sites is 1. The molecule has 2 fully saturated rings. The third-order valence-electron chi connectivity index (χ3n) is 6.26. The molecule has 9 heteroatoms. The molecule has 3 heterocycles. The maximum absolute atomic E-state index is 13.2. The van der Waals surface area contributed by atoms with E-state index >= 15 is 0 Å². The minimum atomic E-state index is -0.375. The van der Waals surface area contributed by atoms with Crippen LogP contribution in [0.1, 0.15) is 23.8 Å². The van der Waals surface area contributed by atoms with Crippen LogP contribution in [-0.2, 0) is 0 Å². The molecule has 1 aliphatic heterocycles. The second kappa shape index (κ2) is 7.95. The maximum atomic E-state index is 13.2. The topological polar surface area (TPSA) is 74.6 Å². The number of anilines is 3. The van der Waals surface area contributed by atoms with Gasteiger partial charge in [0.2, 0.25) is 0 Å². The summed E-state index contributed by atoms with van der Waals surface area (Å²) in [6.45, 7) is 1.18. The zero-order valence-electron chi connectivity index (χ0n) is 19.0. The fourth-order valence-electron chi connectivity index (χ4n) is 4.37. The number of nitrogens with zero attached hydrogens (tertiary/aromatic N) is 6. The lowest BCUT2D eigenvalue weighted by molar-refractivity contribution is 0.256. The lowest BCUT2D eigenvalue weighted by Gasteiger charge is -2.20. The molecule has 1 aliphatic carbocycles. The minimum Gasteiger partial charge on any atom is -0.361 e. The van der Waals surface area contributed by atoms with Gasteiger partial charge in [0.05, 0.1) is 10.7 Å². The molecule has 2 amide bonds. The molecule has 0 radical (unpaired) electrons. The van der Waals surface area contributed by atoms with Crippen LogP contribution in [0.2, 0.25) is 0 Å². The monoisotopic (exact) mass is 472 g/mol. The van der Waals surface area contributed by atoms with Gasteiger partial charge in [0, 0.05) is 44.5 Å². The number of hydrogen-bond acceptors (Lipinski definition) is 6. The first-order chi connectivity index (χ1) is 16.5. The van der Waals surface area contributed by atoms with Gasteiger partial charge in [-0.25, -0.2) is 19.1 Å². The molecule has 0 spiro atoms. The van der Waals surface area contributed by atoms with Crippen molar-refractivity contribution in [2.45, 2.75) is 18.8 Å². The number of amides is 2. The van der Waals surface area contributed by atoms with Crippen molar-refractivity contribution < 1.29 is 4.79 Å². The SMILES string of the molecule is CN(C)c1nc(=O)n(-c2cccc(N3CCN(c4ccccc4)C3=O)c2)c2nc(C3CC3)sc12. The molecule has 0 unspecified atom stereocenters. The normalized spacial score (nSPS) is 16.0. The van der Waals surface area contributed by atoms with Crippen molar-refractivity contribution in [2.24, 2.45) is 0 Å². The van der Waals surface area contributed by atoms with E-state index < -0.39 is 0 Å². The predicted octanol–water partition coefficient (Wildman–Crippen LogP) is 4.23. The molecule has 34 heavy (non-hydrogen) atoms. The molecule has 2 aliphatic rings. The Hall–Kier alpha value is -3.72. The Balaban J connectivity index is 1.42. The number of aromatic nitrogens is 3. The zero-order valence-corrected chi connectivity index (χ0v) is 19.8. The van der Waals surface area contributed by atoms with Crippen molar-refractivity contribution >= 4 is 44.9 Å². The number of hydrogen-bond donors (Lipinski definition) is 0. The zero-order chi connectivity index (χ0) is 23.4. The Bertz CT molecular complexity index is 1460. The third-order valence-corrected chi connectivity index (χ3v) is 7.46. The molecule has 8 nitrogen and oxygen atoms in total. The molecule has 0 atom stereocenters. The number of carbonyl (C=O) groups is 1. The Morgan fingerprint density at radius 2 is 1.56 bits per heavy atom. The molecule has 2 aromatic carbocycles. The second-order valence-corrected chi connectivity index (χ2v) is 9.90. The van der Waals surface area contributed by atoms with Crippen molar-refractivity contribution in [1.29, 1.82) is 0 Å². The van der Waals surface area contributed by atoms with E-state index in [1.165, 1.54) is 0 Å². The Morgan fingerprint density at radius 1 is 0.882 bits per heavy atom. The lowest BCUT2D eigenvalue weighted by atomic mass is 10.2. The number of rotatable bonds is 5. The van der Waals surface area contributed by atoms with E-state index in [-0.39, 0.29) is 11.7 Å². The summed E-state index contributed by atoms with van der Waals surface area (Å²) in [4.78, 5) is 41.0. The van der Waals surface area contributed by atoms with E-state index in [9.17, 15) is 9.59 Å². The van der Waals surface area contributed by atoms with Crippen molar-refractivity contribution in [3.8, 4) is 5.69 Å². The average Bonchev–Trinajstić information content (AvgIpc) is 3.49. The summed E-state index contributed by atoms with van der Waals surface area (Å²) in [7, 11) is 3.78. The molecule has 4 aromatic rings. The smallest absolute Gasteiger partial charge is 0.355 e. The first-order valence-electron chi connectivity index (χ1n) is 11.4.